The Morgan fingerprint density at radius 2 is 1.88 bits per heavy atom. The van der Waals surface area contributed by atoms with Crippen molar-refractivity contribution < 1.29 is 9.53 Å². The Morgan fingerprint density at radius 3 is 2.58 bits per heavy atom. The van der Waals surface area contributed by atoms with Crippen LogP contribution in [0, 0.1) is 0 Å². The van der Waals surface area contributed by atoms with E-state index in [2.05, 4.69) is 15.5 Å². The first kappa shape index (κ1) is 18.2. The molecule has 1 aliphatic rings. The number of amides is 1. The molecular weight excluding hydrogens is 346 g/mol. The maximum Gasteiger partial charge on any atom is 0.239 e. The molecule has 0 spiro atoms. The molecule has 5 nitrogen and oxygen atoms in total. The van der Waals surface area contributed by atoms with Gasteiger partial charge in [0.1, 0.15) is 5.75 Å². The van der Waals surface area contributed by atoms with E-state index in [0.29, 0.717) is 18.2 Å². The number of thioether (sulfide) groups is 1. The minimum Gasteiger partial charge on any atom is -0.494 e. The number of hydrogen-bond acceptors (Lipinski definition) is 5. The molecule has 1 atom stereocenters. The molecule has 6 heteroatoms. The number of rotatable bonds is 6. The van der Waals surface area contributed by atoms with Crippen molar-refractivity contribution in [1.82, 2.24) is 5.32 Å². The molecule has 0 bridgehead atoms. The summed E-state index contributed by atoms with van der Waals surface area (Å²) in [6, 6.07) is 17.7. The molecule has 0 unspecified atom stereocenters. The van der Waals surface area contributed by atoms with E-state index in [-0.39, 0.29) is 11.2 Å². The van der Waals surface area contributed by atoms with Gasteiger partial charge in [-0.3, -0.25) is 4.79 Å². The zero-order chi connectivity index (χ0) is 18.4. The summed E-state index contributed by atoms with van der Waals surface area (Å²) in [5.41, 5.74) is 2.91. The zero-order valence-electron chi connectivity index (χ0n) is 14.8. The van der Waals surface area contributed by atoms with Crippen LogP contribution in [-0.4, -0.2) is 28.6 Å². The van der Waals surface area contributed by atoms with Crippen LogP contribution in [0.25, 0.3) is 0 Å². The molecule has 1 saturated heterocycles. The van der Waals surface area contributed by atoms with Gasteiger partial charge in [-0.1, -0.05) is 54.2 Å². The summed E-state index contributed by atoms with van der Waals surface area (Å²) in [4.78, 5) is 12.2. The Balaban J connectivity index is 1.63. The van der Waals surface area contributed by atoms with Gasteiger partial charge in [-0.25, -0.2) is 0 Å². The number of carbonyl (C=O) groups excluding carboxylic acids is 1. The Kier molecular flexibility index (Phi) is 6.07. The van der Waals surface area contributed by atoms with Crippen LogP contribution in [0.15, 0.2) is 64.8 Å². The van der Waals surface area contributed by atoms with E-state index >= 15 is 0 Å². The van der Waals surface area contributed by atoms with Gasteiger partial charge in [-0.2, -0.15) is 5.10 Å². The van der Waals surface area contributed by atoms with Crippen LogP contribution in [0.3, 0.4) is 0 Å². The predicted octanol–water partition coefficient (Wildman–Crippen LogP) is 3.64. The lowest BCUT2D eigenvalue weighted by Gasteiger charge is -2.07. The molecule has 0 radical (unpaired) electrons. The molecule has 26 heavy (non-hydrogen) atoms. The standard InChI is InChI=1S/C20H21N3O2S/c1-3-25-17-11-9-15(10-12-17)13-18-19(24)21-20(26-18)23-22-14(2)16-7-5-4-6-8-16/h4-12,18H,3,13H2,1-2H3,(H,21,23,24)/b22-14-/t18-/m0/s1. The van der Waals surface area contributed by atoms with Crippen molar-refractivity contribution in [2.45, 2.75) is 25.5 Å². The highest BCUT2D eigenvalue weighted by molar-refractivity contribution is 8.15. The fourth-order valence-corrected chi connectivity index (χ4v) is 3.51. The zero-order valence-corrected chi connectivity index (χ0v) is 15.6. The first-order valence-electron chi connectivity index (χ1n) is 8.52. The van der Waals surface area contributed by atoms with Crippen LogP contribution >= 0.6 is 11.8 Å². The monoisotopic (exact) mass is 367 g/mol. The van der Waals surface area contributed by atoms with E-state index in [0.717, 1.165) is 22.6 Å². The second-order valence-corrected chi connectivity index (χ2v) is 7.02. The van der Waals surface area contributed by atoms with Crippen LogP contribution in [0.2, 0.25) is 0 Å². The largest absolute Gasteiger partial charge is 0.494 e. The fourth-order valence-electron chi connectivity index (χ4n) is 2.55. The summed E-state index contributed by atoms with van der Waals surface area (Å²) in [5, 5.41) is 11.6. The number of amidine groups is 1. The number of hydrogen-bond donors (Lipinski definition) is 1. The quantitative estimate of drug-likeness (QED) is 0.626. The molecule has 1 fully saturated rings. The van der Waals surface area contributed by atoms with Crippen molar-refractivity contribution in [2.75, 3.05) is 6.61 Å². The Bertz CT molecular complexity index is 817. The molecule has 0 saturated carbocycles. The molecule has 1 heterocycles. The SMILES string of the molecule is CCOc1ccc(C[C@@H]2S/C(=N\N=C(\C)c3ccccc3)NC2=O)cc1. The van der Waals surface area contributed by atoms with Gasteiger partial charge in [-0.15, -0.1) is 5.10 Å². The van der Waals surface area contributed by atoms with E-state index in [1.807, 2.05) is 68.4 Å². The van der Waals surface area contributed by atoms with Gasteiger partial charge in [0, 0.05) is 0 Å². The van der Waals surface area contributed by atoms with Crippen molar-refractivity contribution in [2.24, 2.45) is 10.2 Å². The first-order valence-corrected chi connectivity index (χ1v) is 9.40. The summed E-state index contributed by atoms with van der Waals surface area (Å²) in [5.74, 6) is 0.808. The maximum atomic E-state index is 12.2. The van der Waals surface area contributed by atoms with Crippen molar-refractivity contribution in [1.29, 1.82) is 0 Å². The summed E-state index contributed by atoms with van der Waals surface area (Å²) in [6.07, 6.45) is 0.642. The van der Waals surface area contributed by atoms with E-state index in [1.165, 1.54) is 11.8 Å². The van der Waals surface area contributed by atoms with Gasteiger partial charge < -0.3 is 10.1 Å². The van der Waals surface area contributed by atoms with E-state index in [1.54, 1.807) is 0 Å². The van der Waals surface area contributed by atoms with E-state index in [9.17, 15) is 4.79 Å². The molecule has 0 aromatic heterocycles. The second-order valence-electron chi connectivity index (χ2n) is 5.83. The van der Waals surface area contributed by atoms with Crippen LogP contribution in [0.4, 0.5) is 0 Å². The Morgan fingerprint density at radius 1 is 1.15 bits per heavy atom. The molecule has 134 valence electrons. The van der Waals surface area contributed by atoms with Crippen molar-refractivity contribution in [3.8, 4) is 5.75 Å². The van der Waals surface area contributed by atoms with Crippen LogP contribution < -0.4 is 10.1 Å². The molecule has 1 N–H and O–H groups in total. The lowest BCUT2D eigenvalue weighted by Crippen LogP contribution is -2.25. The lowest BCUT2D eigenvalue weighted by atomic mass is 10.1. The van der Waals surface area contributed by atoms with Gasteiger partial charge in [0.25, 0.3) is 0 Å². The highest BCUT2D eigenvalue weighted by atomic mass is 32.2. The Labute approximate surface area is 157 Å². The van der Waals surface area contributed by atoms with Crippen molar-refractivity contribution >= 4 is 28.5 Å². The third-order valence-electron chi connectivity index (χ3n) is 3.91. The summed E-state index contributed by atoms with van der Waals surface area (Å²) < 4.78 is 5.44. The second kappa shape index (κ2) is 8.67. The number of carbonyl (C=O) groups is 1. The highest BCUT2D eigenvalue weighted by Gasteiger charge is 2.30. The lowest BCUT2D eigenvalue weighted by molar-refractivity contribution is -0.118. The average Bonchev–Trinajstić information content (AvgIpc) is 3.02. The normalized spacial score (nSPS) is 18.8. The van der Waals surface area contributed by atoms with Crippen LogP contribution in [0.5, 0.6) is 5.75 Å². The number of ether oxygens (including phenoxy) is 1. The highest BCUT2D eigenvalue weighted by Crippen LogP contribution is 2.24. The summed E-state index contributed by atoms with van der Waals surface area (Å²) in [6.45, 7) is 4.50. The molecule has 1 aliphatic heterocycles. The maximum absolute atomic E-state index is 12.2. The third kappa shape index (κ3) is 4.73. The van der Waals surface area contributed by atoms with Gasteiger partial charge in [-0.05, 0) is 43.5 Å². The molecule has 3 rings (SSSR count). The topological polar surface area (TPSA) is 63.1 Å². The van der Waals surface area contributed by atoms with Gasteiger partial charge in [0.2, 0.25) is 5.91 Å². The van der Waals surface area contributed by atoms with Gasteiger partial charge in [0.15, 0.2) is 5.17 Å². The number of benzene rings is 2. The molecule has 0 aliphatic carbocycles. The molecule has 2 aromatic carbocycles. The third-order valence-corrected chi connectivity index (χ3v) is 4.99. The minimum absolute atomic E-state index is 0.0322. The van der Waals surface area contributed by atoms with Crippen LogP contribution in [0.1, 0.15) is 25.0 Å². The van der Waals surface area contributed by atoms with E-state index < -0.39 is 0 Å². The predicted molar refractivity (Wildman–Crippen MR) is 107 cm³/mol. The van der Waals surface area contributed by atoms with E-state index in [4.69, 9.17) is 4.74 Å². The first-order chi connectivity index (χ1) is 12.7. The molecule has 2 aromatic rings. The fraction of sp³-hybridized carbons (Fsp3) is 0.250. The van der Waals surface area contributed by atoms with Crippen molar-refractivity contribution in [3.63, 3.8) is 0 Å². The van der Waals surface area contributed by atoms with Gasteiger partial charge >= 0.3 is 0 Å². The van der Waals surface area contributed by atoms with Gasteiger partial charge in [0.05, 0.1) is 17.6 Å². The Hall–Kier alpha value is -2.60. The molecular formula is C20H21N3O2S. The average molecular weight is 367 g/mol. The number of nitrogens with zero attached hydrogens (tertiary/aromatic N) is 2. The summed E-state index contributed by atoms with van der Waals surface area (Å²) in [7, 11) is 0. The number of nitrogens with one attached hydrogen (secondary N) is 1. The minimum atomic E-state index is -0.195. The summed E-state index contributed by atoms with van der Waals surface area (Å²) >= 11 is 1.42. The smallest absolute Gasteiger partial charge is 0.239 e. The van der Waals surface area contributed by atoms with Crippen molar-refractivity contribution in [3.05, 3.63) is 65.7 Å². The molecule has 1 amide bonds. The van der Waals surface area contributed by atoms with Crippen LogP contribution in [-0.2, 0) is 11.2 Å².